The maximum absolute atomic E-state index is 12.5. The molecule has 1 aliphatic heterocycles. The van der Waals surface area contributed by atoms with E-state index >= 15 is 0 Å². The van der Waals surface area contributed by atoms with Crippen molar-refractivity contribution in [3.63, 3.8) is 0 Å². The van der Waals surface area contributed by atoms with Crippen molar-refractivity contribution in [3.8, 4) is 0 Å². The van der Waals surface area contributed by atoms with Crippen LogP contribution in [0.1, 0.15) is 44.6 Å². The van der Waals surface area contributed by atoms with Crippen LogP contribution in [0, 0.1) is 11.3 Å². The molecule has 1 aliphatic carbocycles. The zero-order valence-corrected chi connectivity index (χ0v) is 15.9. The van der Waals surface area contributed by atoms with Crippen molar-refractivity contribution < 1.29 is 19.4 Å². The lowest BCUT2D eigenvalue weighted by molar-refractivity contribution is -0.137. The summed E-state index contributed by atoms with van der Waals surface area (Å²) in [5.41, 5.74) is 1.06. The molecule has 3 atom stereocenters. The Bertz CT molecular complexity index is 647. The van der Waals surface area contributed by atoms with E-state index in [1.807, 2.05) is 30.3 Å². The van der Waals surface area contributed by atoms with Crippen molar-refractivity contribution in [2.24, 2.45) is 11.3 Å². The van der Waals surface area contributed by atoms with Gasteiger partial charge in [0.05, 0.1) is 6.10 Å². The molecule has 2 fully saturated rings. The van der Waals surface area contributed by atoms with E-state index in [1.165, 1.54) is 12.8 Å². The van der Waals surface area contributed by atoms with Crippen LogP contribution in [-0.2, 0) is 16.0 Å². The highest BCUT2D eigenvalue weighted by molar-refractivity contribution is 5.74. The Morgan fingerprint density at radius 3 is 2.70 bits per heavy atom. The summed E-state index contributed by atoms with van der Waals surface area (Å²) in [6.07, 6.45) is 4.70. The smallest absolute Gasteiger partial charge is 0.315 e. The molecule has 0 bridgehead atoms. The van der Waals surface area contributed by atoms with Crippen molar-refractivity contribution in [1.82, 2.24) is 10.6 Å². The zero-order valence-electron chi connectivity index (χ0n) is 15.9. The Labute approximate surface area is 160 Å². The lowest BCUT2D eigenvalue weighted by atomic mass is 9.81. The number of amides is 2. The average molecular weight is 374 g/mol. The lowest BCUT2D eigenvalue weighted by Crippen LogP contribution is -2.48. The third-order valence-corrected chi connectivity index (χ3v) is 5.73. The third-order valence-electron chi connectivity index (χ3n) is 5.73. The summed E-state index contributed by atoms with van der Waals surface area (Å²) < 4.78 is 5.91. The summed E-state index contributed by atoms with van der Waals surface area (Å²) in [5, 5.41) is 15.0. The first-order valence-electron chi connectivity index (χ1n) is 9.88. The second-order valence-corrected chi connectivity index (χ2v) is 8.18. The average Bonchev–Trinajstić information content (AvgIpc) is 3.41. The number of hydrogen-bond acceptors (Lipinski definition) is 3. The first-order chi connectivity index (χ1) is 13.0. The molecule has 3 rings (SSSR count). The van der Waals surface area contributed by atoms with E-state index in [9.17, 15) is 9.59 Å². The topological polar surface area (TPSA) is 87.7 Å². The summed E-state index contributed by atoms with van der Waals surface area (Å²) in [6.45, 7) is 3.53. The van der Waals surface area contributed by atoms with Crippen LogP contribution in [-0.4, -0.2) is 42.4 Å². The number of rotatable bonds is 9. The van der Waals surface area contributed by atoms with E-state index in [1.54, 1.807) is 0 Å². The number of nitrogens with one attached hydrogen (secondary N) is 2. The van der Waals surface area contributed by atoms with E-state index in [0.29, 0.717) is 25.3 Å². The van der Waals surface area contributed by atoms with Gasteiger partial charge in [0, 0.05) is 31.0 Å². The summed E-state index contributed by atoms with van der Waals surface area (Å²) in [4.78, 5) is 23.4. The Kier molecular flexibility index (Phi) is 6.37. The van der Waals surface area contributed by atoms with Gasteiger partial charge in [0.1, 0.15) is 0 Å². The van der Waals surface area contributed by atoms with Crippen LogP contribution in [0.25, 0.3) is 0 Å². The number of benzene rings is 1. The van der Waals surface area contributed by atoms with Crippen LogP contribution in [0.15, 0.2) is 30.3 Å². The molecule has 0 aromatic heterocycles. The fourth-order valence-electron chi connectivity index (χ4n) is 4.00. The Morgan fingerprint density at radius 1 is 1.30 bits per heavy atom. The molecule has 1 saturated carbocycles. The van der Waals surface area contributed by atoms with E-state index in [0.717, 1.165) is 18.6 Å². The molecule has 2 amide bonds. The molecule has 3 N–H and O–H groups in total. The molecular formula is C21H30N2O4. The van der Waals surface area contributed by atoms with Crippen molar-refractivity contribution >= 4 is 12.0 Å². The molecule has 2 aliphatic rings. The van der Waals surface area contributed by atoms with Gasteiger partial charge in [0.15, 0.2) is 0 Å². The highest BCUT2D eigenvalue weighted by Gasteiger charge is 2.48. The summed E-state index contributed by atoms with van der Waals surface area (Å²) in [5.74, 6) is -0.207. The molecule has 1 heterocycles. The van der Waals surface area contributed by atoms with E-state index in [4.69, 9.17) is 9.84 Å². The van der Waals surface area contributed by atoms with E-state index in [2.05, 4.69) is 17.6 Å². The molecular weight excluding hydrogens is 344 g/mol. The standard InChI is InChI=1S/C21H30N2O4/c1-21(11-12-27-19(21)16-7-8-16)14-22-20(26)23-17(9-10-18(24)25)13-15-5-3-2-4-6-15/h2-6,16-17,19H,7-14H2,1H3,(H,24,25)(H2,22,23,26). The number of hydrogen-bond donors (Lipinski definition) is 3. The zero-order chi connectivity index (χ0) is 19.3. The summed E-state index contributed by atoms with van der Waals surface area (Å²) in [7, 11) is 0. The highest BCUT2D eigenvalue weighted by atomic mass is 16.5. The highest BCUT2D eigenvalue weighted by Crippen LogP contribution is 2.47. The van der Waals surface area contributed by atoms with Gasteiger partial charge in [0.25, 0.3) is 0 Å². The van der Waals surface area contributed by atoms with Gasteiger partial charge in [-0.1, -0.05) is 37.3 Å². The van der Waals surface area contributed by atoms with Crippen LogP contribution in [0.5, 0.6) is 0 Å². The van der Waals surface area contributed by atoms with Crippen LogP contribution in [0.2, 0.25) is 0 Å². The van der Waals surface area contributed by atoms with Gasteiger partial charge < -0.3 is 20.5 Å². The van der Waals surface area contributed by atoms with Gasteiger partial charge in [-0.3, -0.25) is 4.79 Å². The molecule has 3 unspecified atom stereocenters. The lowest BCUT2D eigenvalue weighted by Gasteiger charge is -2.30. The van der Waals surface area contributed by atoms with E-state index < -0.39 is 5.97 Å². The van der Waals surface area contributed by atoms with Crippen LogP contribution in [0.4, 0.5) is 4.79 Å². The Hall–Kier alpha value is -2.08. The fourth-order valence-corrected chi connectivity index (χ4v) is 4.00. The summed E-state index contributed by atoms with van der Waals surface area (Å²) in [6, 6.07) is 9.37. The number of carboxylic acids is 1. The minimum atomic E-state index is -0.849. The molecule has 0 spiro atoms. The SMILES string of the molecule is CC1(CNC(=O)NC(CCC(=O)O)Cc2ccccc2)CCOC1C1CC1. The Balaban J connectivity index is 1.52. The van der Waals surface area contributed by atoms with Crippen molar-refractivity contribution in [2.45, 2.75) is 57.6 Å². The number of aliphatic carboxylic acids is 1. The Morgan fingerprint density at radius 2 is 2.04 bits per heavy atom. The first-order valence-corrected chi connectivity index (χ1v) is 9.88. The maximum atomic E-state index is 12.5. The first kappa shape index (κ1) is 19.7. The monoisotopic (exact) mass is 374 g/mol. The predicted octanol–water partition coefficient (Wildman–Crippen LogP) is 2.97. The van der Waals surface area contributed by atoms with Gasteiger partial charge in [-0.15, -0.1) is 0 Å². The van der Waals surface area contributed by atoms with Gasteiger partial charge in [0.2, 0.25) is 0 Å². The van der Waals surface area contributed by atoms with Gasteiger partial charge in [-0.25, -0.2) is 4.79 Å². The fraction of sp³-hybridized carbons (Fsp3) is 0.619. The molecule has 0 radical (unpaired) electrons. The third kappa shape index (κ3) is 5.70. The minimum absolute atomic E-state index is 0.0193. The van der Waals surface area contributed by atoms with Crippen LogP contribution < -0.4 is 10.6 Å². The number of carbonyl (C=O) groups is 2. The largest absolute Gasteiger partial charge is 0.481 e. The molecule has 148 valence electrons. The number of carbonyl (C=O) groups excluding carboxylic acids is 1. The van der Waals surface area contributed by atoms with Crippen molar-refractivity contribution in [1.29, 1.82) is 0 Å². The molecule has 6 nitrogen and oxygen atoms in total. The van der Waals surface area contributed by atoms with E-state index in [-0.39, 0.29) is 30.0 Å². The minimum Gasteiger partial charge on any atom is -0.481 e. The molecule has 1 aromatic rings. The van der Waals surface area contributed by atoms with Gasteiger partial charge in [-0.2, -0.15) is 0 Å². The van der Waals surface area contributed by atoms with Crippen LogP contribution >= 0.6 is 0 Å². The normalized spacial score (nSPS) is 25.7. The van der Waals surface area contributed by atoms with Gasteiger partial charge >= 0.3 is 12.0 Å². The number of carboxylic acid groups (broad SMARTS) is 1. The quantitative estimate of drug-likeness (QED) is 0.620. The summed E-state index contributed by atoms with van der Waals surface area (Å²) >= 11 is 0. The number of urea groups is 1. The number of ether oxygens (including phenoxy) is 1. The second-order valence-electron chi connectivity index (χ2n) is 8.18. The molecule has 27 heavy (non-hydrogen) atoms. The van der Waals surface area contributed by atoms with Crippen LogP contribution in [0.3, 0.4) is 0 Å². The second kappa shape index (κ2) is 8.74. The molecule has 1 aromatic carbocycles. The maximum Gasteiger partial charge on any atom is 0.315 e. The molecule has 6 heteroatoms. The van der Waals surface area contributed by atoms with Crippen molar-refractivity contribution in [2.75, 3.05) is 13.2 Å². The van der Waals surface area contributed by atoms with Crippen molar-refractivity contribution in [3.05, 3.63) is 35.9 Å². The molecule has 1 saturated heterocycles. The van der Waals surface area contributed by atoms with Gasteiger partial charge in [-0.05, 0) is 43.6 Å². The predicted molar refractivity (Wildman–Crippen MR) is 103 cm³/mol.